The molecule has 2 unspecified atom stereocenters. The van der Waals surface area contributed by atoms with E-state index in [1.807, 2.05) is 13.8 Å². The molecule has 4 heteroatoms. The van der Waals surface area contributed by atoms with E-state index < -0.39 is 5.54 Å². The summed E-state index contributed by atoms with van der Waals surface area (Å²) in [5.41, 5.74) is -0.422. The fraction of sp³-hybridized carbons (Fsp3) is 0.923. The number of carbonyl (C=O) groups excluding carboxylic acids is 1. The first-order chi connectivity index (χ1) is 7.97. The van der Waals surface area contributed by atoms with Crippen molar-refractivity contribution in [3.63, 3.8) is 0 Å². The minimum atomic E-state index is -0.422. The summed E-state index contributed by atoms with van der Waals surface area (Å²) >= 11 is 0. The maximum atomic E-state index is 11.7. The summed E-state index contributed by atoms with van der Waals surface area (Å²) in [7, 11) is 0. The topological polar surface area (TPSA) is 58.6 Å². The van der Waals surface area contributed by atoms with Gasteiger partial charge in [0.1, 0.15) is 6.61 Å². The second kappa shape index (κ2) is 6.36. The van der Waals surface area contributed by atoms with Crippen LogP contribution in [0.1, 0.15) is 46.5 Å². The van der Waals surface area contributed by atoms with Gasteiger partial charge in [-0.1, -0.05) is 19.8 Å². The zero-order valence-electron chi connectivity index (χ0n) is 11.2. The molecular weight excluding hydrogens is 218 g/mol. The van der Waals surface area contributed by atoms with Crippen LogP contribution in [-0.2, 0) is 9.53 Å². The maximum absolute atomic E-state index is 11.7. The molecule has 4 nitrogen and oxygen atoms in total. The third-order valence-electron chi connectivity index (χ3n) is 3.35. The van der Waals surface area contributed by atoms with Gasteiger partial charge < -0.3 is 15.2 Å². The zero-order valence-corrected chi connectivity index (χ0v) is 11.2. The minimum absolute atomic E-state index is 0.0186. The average molecular weight is 243 g/mol. The number of rotatable bonds is 5. The molecule has 2 N–H and O–H groups in total. The summed E-state index contributed by atoms with van der Waals surface area (Å²) in [4.78, 5) is 11.7. The lowest BCUT2D eigenvalue weighted by Crippen LogP contribution is -2.54. The van der Waals surface area contributed by atoms with Crippen molar-refractivity contribution < 1.29 is 14.6 Å². The average Bonchev–Trinajstić information content (AvgIpc) is 2.26. The van der Waals surface area contributed by atoms with Gasteiger partial charge in [-0.2, -0.15) is 0 Å². The van der Waals surface area contributed by atoms with E-state index in [1.54, 1.807) is 0 Å². The van der Waals surface area contributed by atoms with E-state index >= 15 is 0 Å². The highest BCUT2D eigenvalue weighted by molar-refractivity contribution is 5.78. The van der Waals surface area contributed by atoms with E-state index in [9.17, 15) is 9.90 Å². The van der Waals surface area contributed by atoms with Crippen LogP contribution in [0.25, 0.3) is 0 Å². The molecular formula is C13H25NO3. The van der Waals surface area contributed by atoms with E-state index in [1.165, 1.54) is 6.42 Å². The van der Waals surface area contributed by atoms with Gasteiger partial charge in [-0.05, 0) is 32.6 Å². The number of aliphatic hydroxyl groups excluding tert-OH is 1. The van der Waals surface area contributed by atoms with Gasteiger partial charge in [-0.3, -0.25) is 4.79 Å². The SMILES string of the molecule is CC1CCCC(CO)(NC(=O)COC(C)C)C1. The summed E-state index contributed by atoms with van der Waals surface area (Å²) in [6.07, 6.45) is 4.02. The van der Waals surface area contributed by atoms with Crippen molar-refractivity contribution in [2.24, 2.45) is 5.92 Å². The Morgan fingerprint density at radius 3 is 2.82 bits per heavy atom. The van der Waals surface area contributed by atoms with Crippen molar-refractivity contribution in [2.75, 3.05) is 13.2 Å². The molecule has 0 aliphatic heterocycles. The molecule has 1 rings (SSSR count). The van der Waals surface area contributed by atoms with Crippen LogP contribution < -0.4 is 5.32 Å². The van der Waals surface area contributed by atoms with Crippen LogP contribution in [-0.4, -0.2) is 35.9 Å². The van der Waals surface area contributed by atoms with Crippen LogP contribution >= 0.6 is 0 Å². The maximum Gasteiger partial charge on any atom is 0.246 e. The van der Waals surface area contributed by atoms with Crippen molar-refractivity contribution in [3.8, 4) is 0 Å². The first-order valence-corrected chi connectivity index (χ1v) is 6.51. The van der Waals surface area contributed by atoms with Crippen LogP contribution in [0.3, 0.4) is 0 Å². The number of hydrogen-bond acceptors (Lipinski definition) is 3. The van der Waals surface area contributed by atoms with E-state index in [0.29, 0.717) is 5.92 Å². The fourth-order valence-electron chi connectivity index (χ4n) is 2.53. The number of carbonyl (C=O) groups is 1. The van der Waals surface area contributed by atoms with Gasteiger partial charge in [0.25, 0.3) is 0 Å². The second-order valence-corrected chi connectivity index (χ2v) is 5.55. The Balaban J connectivity index is 2.47. The largest absolute Gasteiger partial charge is 0.394 e. The molecule has 0 bridgehead atoms. The third kappa shape index (κ3) is 4.64. The molecule has 1 fully saturated rings. The van der Waals surface area contributed by atoms with Crippen LogP contribution in [0.15, 0.2) is 0 Å². The molecule has 1 aliphatic carbocycles. The first-order valence-electron chi connectivity index (χ1n) is 6.51. The molecule has 100 valence electrons. The molecule has 2 atom stereocenters. The summed E-state index contributed by atoms with van der Waals surface area (Å²) in [5.74, 6) is 0.434. The summed E-state index contributed by atoms with van der Waals surface area (Å²) < 4.78 is 5.27. The van der Waals surface area contributed by atoms with Crippen molar-refractivity contribution in [1.29, 1.82) is 0 Å². The standard InChI is InChI=1S/C13H25NO3/c1-10(2)17-8-12(16)14-13(9-15)6-4-5-11(3)7-13/h10-11,15H,4-9H2,1-3H3,(H,14,16). The molecule has 1 amide bonds. The lowest BCUT2D eigenvalue weighted by Gasteiger charge is -2.39. The molecule has 0 aromatic heterocycles. The Hall–Kier alpha value is -0.610. The lowest BCUT2D eigenvalue weighted by atomic mass is 9.77. The number of amides is 1. The van der Waals surface area contributed by atoms with Gasteiger partial charge in [0.15, 0.2) is 0 Å². The van der Waals surface area contributed by atoms with E-state index in [4.69, 9.17) is 4.74 Å². The van der Waals surface area contributed by atoms with Gasteiger partial charge >= 0.3 is 0 Å². The lowest BCUT2D eigenvalue weighted by molar-refractivity contribution is -0.130. The van der Waals surface area contributed by atoms with Crippen LogP contribution in [0.5, 0.6) is 0 Å². The van der Waals surface area contributed by atoms with Crippen LogP contribution in [0.4, 0.5) is 0 Å². The zero-order chi connectivity index (χ0) is 12.9. The molecule has 1 aliphatic rings. The molecule has 0 saturated heterocycles. The Morgan fingerprint density at radius 1 is 1.59 bits per heavy atom. The number of hydrogen-bond donors (Lipinski definition) is 2. The highest BCUT2D eigenvalue weighted by Gasteiger charge is 2.35. The highest BCUT2D eigenvalue weighted by Crippen LogP contribution is 2.31. The summed E-state index contributed by atoms with van der Waals surface area (Å²) in [5, 5.41) is 12.5. The Labute approximate surface area is 104 Å². The predicted molar refractivity (Wildman–Crippen MR) is 66.7 cm³/mol. The van der Waals surface area contributed by atoms with Gasteiger partial charge in [-0.25, -0.2) is 0 Å². The second-order valence-electron chi connectivity index (χ2n) is 5.55. The Kier molecular flexibility index (Phi) is 5.40. The Morgan fingerprint density at radius 2 is 2.29 bits per heavy atom. The molecule has 0 spiro atoms. The molecule has 0 aromatic rings. The monoisotopic (exact) mass is 243 g/mol. The van der Waals surface area contributed by atoms with Crippen molar-refractivity contribution in [1.82, 2.24) is 5.32 Å². The van der Waals surface area contributed by atoms with E-state index in [2.05, 4.69) is 12.2 Å². The van der Waals surface area contributed by atoms with Gasteiger partial charge in [-0.15, -0.1) is 0 Å². The Bertz CT molecular complexity index is 255. The van der Waals surface area contributed by atoms with E-state index in [0.717, 1.165) is 19.3 Å². The number of nitrogens with one attached hydrogen (secondary N) is 1. The van der Waals surface area contributed by atoms with Crippen molar-refractivity contribution in [3.05, 3.63) is 0 Å². The normalized spacial score (nSPS) is 29.4. The minimum Gasteiger partial charge on any atom is -0.394 e. The smallest absolute Gasteiger partial charge is 0.246 e. The molecule has 17 heavy (non-hydrogen) atoms. The van der Waals surface area contributed by atoms with E-state index in [-0.39, 0.29) is 25.2 Å². The van der Waals surface area contributed by atoms with Gasteiger partial charge in [0, 0.05) is 0 Å². The summed E-state index contributed by atoms with van der Waals surface area (Å²) in [6, 6.07) is 0. The number of ether oxygens (including phenoxy) is 1. The van der Waals surface area contributed by atoms with Gasteiger partial charge in [0.2, 0.25) is 5.91 Å². The van der Waals surface area contributed by atoms with Crippen molar-refractivity contribution >= 4 is 5.91 Å². The molecule has 0 aromatic carbocycles. The third-order valence-corrected chi connectivity index (χ3v) is 3.35. The number of aliphatic hydroxyl groups is 1. The summed E-state index contributed by atoms with van der Waals surface area (Å²) in [6.45, 7) is 6.06. The fourth-order valence-corrected chi connectivity index (χ4v) is 2.53. The van der Waals surface area contributed by atoms with Crippen molar-refractivity contribution in [2.45, 2.75) is 58.1 Å². The van der Waals surface area contributed by atoms with Crippen LogP contribution in [0.2, 0.25) is 0 Å². The molecule has 0 radical (unpaired) electrons. The van der Waals surface area contributed by atoms with Crippen LogP contribution in [0, 0.1) is 5.92 Å². The predicted octanol–water partition coefficient (Wildman–Crippen LogP) is 1.47. The molecule has 1 saturated carbocycles. The highest BCUT2D eigenvalue weighted by atomic mass is 16.5. The first kappa shape index (κ1) is 14.5. The molecule has 0 heterocycles. The van der Waals surface area contributed by atoms with Gasteiger partial charge in [0.05, 0.1) is 18.2 Å². The quantitative estimate of drug-likeness (QED) is 0.768.